The van der Waals surface area contributed by atoms with Crippen LogP contribution in [0.25, 0.3) is 0 Å². The largest absolute Gasteiger partial charge is 0.347 e. The maximum Gasteiger partial charge on any atom is 0.252 e. The zero-order chi connectivity index (χ0) is 11.1. The number of carbonyl (C=O) groups excluding carboxylic acids is 1. The minimum Gasteiger partial charge on any atom is -0.347 e. The Hall–Kier alpha value is -0.900. The van der Waals surface area contributed by atoms with Crippen molar-refractivity contribution in [1.29, 1.82) is 0 Å². The van der Waals surface area contributed by atoms with E-state index in [1.807, 2.05) is 6.92 Å². The van der Waals surface area contributed by atoms with Crippen LogP contribution in [0.3, 0.4) is 0 Å². The molecule has 1 aliphatic carbocycles. The van der Waals surface area contributed by atoms with Crippen LogP contribution in [-0.4, -0.2) is 11.4 Å². The molecule has 0 radical (unpaired) electrons. The van der Waals surface area contributed by atoms with Crippen molar-refractivity contribution in [2.24, 2.45) is 0 Å². The van der Waals surface area contributed by atoms with Crippen LogP contribution in [0.15, 0.2) is 22.7 Å². The second-order valence-corrected chi connectivity index (χ2v) is 4.91. The van der Waals surface area contributed by atoms with E-state index in [4.69, 9.17) is 0 Å². The Morgan fingerprint density at radius 3 is 2.80 bits per heavy atom. The number of hydrogen-bond donors (Lipinski definition) is 1. The van der Waals surface area contributed by atoms with Gasteiger partial charge in [-0.15, -0.1) is 0 Å². The fourth-order valence-corrected chi connectivity index (χ4v) is 1.78. The molecule has 4 heteroatoms. The molecule has 1 amide bonds. The first-order valence-corrected chi connectivity index (χ1v) is 5.58. The fourth-order valence-electron chi connectivity index (χ4n) is 1.33. The molecular weight excluding hydrogens is 261 g/mol. The number of halogens is 2. The summed E-state index contributed by atoms with van der Waals surface area (Å²) in [5.41, 5.74) is 0.270. The molecule has 1 saturated carbocycles. The van der Waals surface area contributed by atoms with Crippen molar-refractivity contribution in [3.63, 3.8) is 0 Å². The first kappa shape index (κ1) is 10.6. The Labute approximate surface area is 96.0 Å². The molecule has 2 rings (SSSR count). The average molecular weight is 272 g/mol. The number of benzene rings is 1. The van der Waals surface area contributed by atoms with Gasteiger partial charge < -0.3 is 5.32 Å². The molecule has 0 aromatic heterocycles. The van der Waals surface area contributed by atoms with Crippen LogP contribution < -0.4 is 5.32 Å². The van der Waals surface area contributed by atoms with E-state index in [-0.39, 0.29) is 15.9 Å². The van der Waals surface area contributed by atoms with E-state index in [2.05, 4.69) is 21.2 Å². The van der Waals surface area contributed by atoms with Gasteiger partial charge >= 0.3 is 0 Å². The fraction of sp³-hybridized carbons (Fsp3) is 0.364. The Morgan fingerprint density at radius 2 is 2.20 bits per heavy atom. The van der Waals surface area contributed by atoms with Crippen molar-refractivity contribution in [2.45, 2.75) is 25.3 Å². The summed E-state index contributed by atoms with van der Waals surface area (Å²) in [4.78, 5) is 11.8. The minimum absolute atomic E-state index is 0.0805. The van der Waals surface area contributed by atoms with Crippen LogP contribution in [0, 0.1) is 5.82 Å². The first-order valence-electron chi connectivity index (χ1n) is 4.78. The molecule has 0 unspecified atom stereocenters. The number of hydrogen-bond acceptors (Lipinski definition) is 1. The second kappa shape index (κ2) is 3.59. The van der Waals surface area contributed by atoms with Crippen LogP contribution >= 0.6 is 15.9 Å². The van der Waals surface area contributed by atoms with Gasteiger partial charge in [0, 0.05) is 5.54 Å². The predicted octanol–water partition coefficient (Wildman–Crippen LogP) is 2.87. The van der Waals surface area contributed by atoms with Gasteiger partial charge in [0.2, 0.25) is 0 Å². The molecule has 2 nitrogen and oxygen atoms in total. The summed E-state index contributed by atoms with van der Waals surface area (Å²) in [6, 6.07) is 4.46. The first-order chi connectivity index (χ1) is 7.02. The molecule has 1 fully saturated rings. The van der Waals surface area contributed by atoms with Gasteiger partial charge in [0.05, 0.1) is 10.0 Å². The van der Waals surface area contributed by atoms with Gasteiger partial charge in [-0.1, -0.05) is 6.07 Å². The SMILES string of the molecule is CC1(NC(=O)c2cccc(F)c2Br)CC1. The van der Waals surface area contributed by atoms with E-state index in [0.717, 1.165) is 12.8 Å². The van der Waals surface area contributed by atoms with Gasteiger partial charge in [0.1, 0.15) is 5.82 Å². The van der Waals surface area contributed by atoms with Crippen LogP contribution in [0.2, 0.25) is 0 Å². The Kier molecular flexibility index (Phi) is 2.54. The Morgan fingerprint density at radius 1 is 1.53 bits per heavy atom. The van der Waals surface area contributed by atoms with Gasteiger partial charge in [-0.25, -0.2) is 4.39 Å². The third-order valence-corrected chi connectivity index (χ3v) is 3.42. The highest BCUT2D eigenvalue weighted by Gasteiger charge is 2.39. The molecule has 1 aromatic rings. The molecule has 0 bridgehead atoms. The summed E-state index contributed by atoms with van der Waals surface area (Å²) >= 11 is 3.07. The van der Waals surface area contributed by atoms with Crippen molar-refractivity contribution >= 4 is 21.8 Å². The second-order valence-electron chi connectivity index (χ2n) is 4.12. The third-order valence-electron chi connectivity index (χ3n) is 2.61. The quantitative estimate of drug-likeness (QED) is 0.881. The highest BCUT2D eigenvalue weighted by atomic mass is 79.9. The lowest BCUT2D eigenvalue weighted by atomic mass is 10.2. The van der Waals surface area contributed by atoms with Crippen molar-refractivity contribution < 1.29 is 9.18 Å². The van der Waals surface area contributed by atoms with Crippen LogP contribution in [-0.2, 0) is 0 Å². The Balaban J connectivity index is 2.21. The lowest BCUT2D eigenvalue weighted by molar-refractivity contribution is 0.0934. The lowest BCUT2D eigenvalue weighted by Crippen LogP contribution is -2.34. The number of nitrogens with one attached hydrogen (secondary N) is 1. The summed E-state index contributed by atoms with van der Waals surface area (Å²) in [7, 11) is 0. The van der Waals surface area contributed by atoms with Crippen LogP contribution in [0.4, 0.5) is 4.39 Å². The molecule has 1 N–H and O–H groups in total. The van der Waals surface area contributed by atoms with Crippen LogP contribution in [0.1, 0.15) is 30.1 Å². The number of amides is 1. The standard InChI is InChI=1S/C11H11BrFNO/c1-11(5-6-11)14-10(15)7-3-2-4-8(13)9(7)12/h2-4H,5-6H2,1H3,(H,14,15). The highest BCUT2D eigenvalue weighted by Crippen LogP contribution is 2.35. The van der Waals surface area contributed by atoms with E-state index in [1.165, 1.54) is 12.1 Å². The van der Waals surface area contributed by atoms with Gasteiger partial charge in [-0.3, -0.25) is 4.79 Å². The van der Waals surface area contributed by atoms with E-state index < -0.39 is 5.82 Å². The van der Waals surface area contributed by atoms with E-state index in [1.54, 1.807) is 6.07 Å². The smallest absolute Gasteiger partial charge is 0.252 e. The van der Waals surface area contributed by atoms with Gasteiger partial charge in [0.15, 0.2) is 0 Å². The predicted molar refractivity (Wildman–Crippen MR) is 59.2 cm³/mol. The minimum atomic E-state index is -0.413. The van der Waals surface area contributed by atoms with Crippen molar-refractivity contribution in [1.82, 2.24) is 5.32 Å². The van der Waals surface area contributed by atoms with Crippen molar-refractivity contribution in [3.05, 3.63) is 34.1 Å². The van der Waals surface area contributed by atoms with E-state index in [0.29, 0.717) is 5.56 Å². The molecule has 15 heavy (non-hydrogen) atoms. The van der Waals surface area contributed by atoms with Crippen molar-refractivity contribution in [3.8, 4) is 0 Å². The highest BCUT2D eigenvalue weighted by molar-refractivity contribution is 9.10. The lowest BCUT2D eigenvalue weighted by Gasteiger charge is -2.12. The van der Waals surface area contributed by atoms with Gasteiger partial charge in [-0.2, -0.15) is 0 Å². The molecule has 0 aliphatic heterocycles. The average Bonchev–Trinajstić information content (AvgIpc) is 2.88. The Bertz CT molecular complexity index is 415. The number of rotatable bonds is 2. The van der Waals surface area contributed by atoms with Crippen molar-refractivity contribution in [2.75, 3.05) is 0 Å². The van der Waals surface area contributed by atoms with E-state index >= 15 is 0 Å². The summed E-state index contributed by atoms with van der Waals surface area (Å²) in [6.45, 7) is 1.98. The maximum absolute atomic E-state index is 13.2. The molecule has 0 heterocycles. The molecule has 0 atom stereocenters. The maximum atomic E-state index is 13.2. The number of carbonyl (C=O) groups is 1. The molecule has 1 aromatic carbocycles. The normalized spacial score (nSPS) is 17.3. The van der Waals surface area contributed by atoms with Gasteiger partial charge in [0.25, 0.3) is 5.91 Å². The zero-order valence-corrected chi connectivity index (χ0v) is 9.90. The zero-order valence-electron chi connectivity index (χ0n) is 8.31. The summed E-state index contributed by atoms with van der Waals surface area (Å²) < 4.78 is 13.4. The molecule has 1 aliphatic rings. The summed E-state index contributed by atoms with van der Waals surface area (Å²) in [6.07, 6.45) is 1.98. The summed E-state index contributed by atoms with van der Waals surface area (Å²) in [5, 5.41) is 2.88. The third kappa shape index (κ3) is 2.20. The molecule has 0 saturated heterocycles. The molecule has 80 valence electrons. The van der Waals surface area contributed by atoms with Crippen LogP contribution in [0.5, 0.6) is 0 Å². The molecular formula is C11H11BrFNO. The summed E-state index contributed by atoms with van der Waals surface area (Å²) in [5.74, 6) is -0.634. The molecule has 0 spiro atoms. The monoisotopic (exact) mass is 271 g/mol. The van der Waals surface area contributed by atoms with E-state index in [9.17, 15) is 9.18 Å². The topological polar surface area (TPSA) is 29.1 Å². The van der Waals surface area contributed by atoms with Gasteiger partial charge in [-0.05, 0) is 47.8 Å².